The molecule has 1 aliphatic rings. The van der Waals surface area contributed by atoms with Gasteiger partial charge in [-0.05, 0) is 30.5 Å². The monoisotopic (exact) mass is 420 g/mol. The number of benzene rings is 1. The summed E-state index contributed by atoms with van der Waals surface area (Å²) in [5.74, 6) is 1.11. The number of hydrogen-bond acceptors (Lipinski definition) is 5. The molecule has 0 unspecified atom stereocenters. The molecular formula is C19H21ClN4O3S. The van der Waals surface area contributed by atoms with E-state index in [2.05, 4.69) is 9.97 Å². The summed E-state index contributed by atoms with van der Waals surface area (Å²) in [6, 6.07) is 7.12. The average molecular weight is 421 g/mol. The first-order chi connectivity index (χ1) is 13.4. The Morgan fingerprint density at radius 1 is 1.29 bits per heavy atom. The van der Waals surface area contributed by atoms with Crippen molar-refractivity contribution in [2.75, 3.05) is 6.54 Å². The van der Waals surface area contributed by atoms with Gasteiger partial charge in [-0.2, -0.15) is 4.31 Å². The van der Waals surface area contributed by atoms with Gasteiger partial charge in [0.15, 0.2) is 5.03 Å². The minimum atomic E-state index is -3.71. The minimum Gasteiger partial charge on any atom is -0.444 e. The van der Waals surface area contributed by atoms with Gasteiger partial charge in [0.25, 0.3) is 10.0 Å². The molecule has 1 fully saturated rings. The molecule has 1 saturated heterocycles. The minimum absolute atomic E-state index is 0.0487. The predicted molar refractivity (Wildman–Crippen MR) is 104 cm³/mol. The number of sulfonamides is 1. The number of piperidine rings is 1. The van der Waals surface area contributed by atoms with Crippen LogP contribution in [0.2, 0.25) is 5.02 Å². The lowest BCUT2D eigenvalue weighted by atomic mass is 10.1. The lowest BCUT2D eigenvalue weighted by Crippen LogP contribution is -2.38. The molecule has 3 aromatic rings. The van der Waals surface area contributed by atoms with Crippen molar-refractivity contribution >= 4 is 21.6 Å². The number of imidazole rings is 1. The van der Waals surface area contributed by atoms with Crippen LogP contribution in [0, 0.1) is 0 Å². The summed E-state index contributed by atoms with van der Waals surface area (Å²) in [7, 11) is -1.96. The highest BCUT2D eigenvalue weighted by Gasteiger charge is 2.38. The topological polar surface area (TPSA) is 81.2 Å². The van der Waals surface area contributed by atoms with Crippen molar-refractivity contribution < 1.29 is 12.8 Å². The third-order valence-electron chi connectivity index (χ3n) is 4.83. The molecule has 0 spiro atoms. The van der Waals surface area contributed by atoms with E-state index in [-0.39, 0.29) is 5.03 Å². The standard InChI is InChI=1S/C19H21ClN4O3S/c1-23-12-18(22-13-23)28(25,26)24-8-3-2-7-17(24)19-21-11-16(27-19)10-14-5-4-6-15(20)9-14/h4-6,9,11-13,17H,2-3,7-8,10H2,1H3/t17-/m1/s1. The molecule has 1 aliphatic heterocycles. The molecule has 148 valence electrons. The lowest BCUT2D eigenvalue weighted by molar-refractivity contribution is 0.216. The maximum atomic E-state index is 13.1. The summed E-state index contributed by atoms with van der Waals surface area (Å²) in [6.45, 7) is 0.426. The van der Waals surface area contributed by atoms with E-state index < -0.39 is 16.1 Å². The summed E-state index contributed by atoms with van der Waals surface area (Å²) in [5.41, 5.74) is 1.01. The Bertz CT molecular complexity index is 1080. The van der Waals surface area contributed by atoms with Crippen molar-refractivity contribution in [1.29, 1.82) is 0 Å². The molecule has 2 aromatic heterocycles. The fraction of sp³-hybridized carbons (Fsp3) is 0.368. The Labute approximate surface area is 169 Å². The zero-order chi connectivity index (χ0) is 19.7. The number of hydrogen-bond donors (Lipinski definition) is 0. The fourth-order valence-corrected chi connectivity index (χ4v) is 5.32. The average Bonchev–Trinajstić information content (AvgIpc) is 3.31. The molecule has 1 atom stereocenters. The van der Waals surface area contributed by atoms with Gasteiger partial charge in [-0.15, -0.1) is 0 Å². The lowest BCUT2D eigenvalue weighted by Gasteiger charge is -2.31. The van der Waals surface area contributed by atoms with Gasteiger partial charge in [-0.3, -0.25) is 0 Å². The summed E-state index contributed by atoms with van der Waals surface area (Å²) >= 11 is 6.04. The van der Waals surface area contributed by atoms with E-state index in [9.17, 15) is 8.42 Å². The van der Waals surface area contributed by atoms with Crippen LogP contribution in [0.1, 0.15) is 42.5 Å². The van der Waals surface area contributed by atoms with Gasteiger partial charge in [0, 0.05) is 31.2 Å². The van der Waals surface area contributed by atoms with E-state index in [4.69, 9.17) is 16.0 Å². The second-order valence-corrected chi connectivity index (χ2v) is 9.25. The van der Waals surface area contributed by atoms with Crippen LogP contribution in [0.15, 0.2) is 52.4 Å². The molecule has 0 saturated carbocycles. The maximum Gasteiger partial charge on any atom is 0.262 e. The normalized spacial score (nSPS) is 18.4. The zero-order valence-corrected chi connectivity index (χ0v) is 17.0. The largest absolute Gasteiger partial charge is 0.444 e. The van der Waals surface area contributed by atoms with Crippen molar-refractivity contribution in [3.63, 3.8) is 0 Å². The molecule has 9 heteroatoms. The van der Waals surface area contributed by atoms with Crippen LogP contribution in [-0.2, 0) is 23.5 Å². The first kappa shape index (κ1) is 19.2. The highest BCUT2D eigenvalue weighted by molar-refractivity contribution is 7.89. The van der Waals surface area contributed by atoms with Gasteiger partial charge < -0.3 is 8.98 Å². The molecular weight excluding hydrogens is 400 g/mol. The van der Waals surface area contributed by atoms with Crippen LogP contribution < -0.4 is 0 Å². The van der Waals surface area contributed by atoms with Gasteiger partial charge in [-0.25, -0.2) is 18.4 Å². The zero-order valence-electron chi connectivity index (χ0n) is 15.5. The number of aromatic nitrogens is 3. The molecule has 0 N–H and O–H groups in total. The Balaban J connectivity index is 1.59. The number of halogens is 1. The summed E-state index contributed by atoms with van der Waals surface area (Å²) in [5, 5.41) is 0.713. The molecule has 3 heterocycles. The first-order valence-corrected chi connectivity index (χ1v) is 10.9. The van der Waals surface area contributed by atoms with Gasteiger partial charge in [0.1, 0.15) is 11.8 Å². The van der Waals surface area contributed by atoms with Gasteiger partial charge >= 0.3 is 0 Å². The molecule has 0 bridgehead atoms. The fourth-order valence-electron chi connectivity index (χ4n) is 3.49. The van der Waals surface area contributed by atoms with Crippen LogP contribution in [0.3, 0.4) is 0 Å². The van der Waals surface area contributed by atoms with Crippen molar-refractivity contribution in [1.82, 2.24) is 18.8 Å². The molecule has 1 aromatic carbocycles. The van der Waals surface area contributed by atoms with Gasteiger partial charge in [-0.1, -0.05) is 30.2 Å². The molecule has 0 aliphatic carbocycles. The molecule has 28 heavy (non-hydrogen) atoms. The smallest absolute Gasteiger partial charge is 0.262 e. The first-order valence-electron chi connectivity index (χ1n) is 9.12. The van der Waals surface area contributed by atoms with Crippen LogP contribution in [0.4, 0.5) is 0 Å². The van der Waals surface area contributed by atoms with Gasteiger partial charge in [0.2, 0.25) is 5.89 Å². The second-order valence-electron chi connectivity index (χ2n) is 6.98. The SMILES string of the molecule is Cn1cnc(S(=O)(=O)N2CCCC[C@@H]2c2ncc(Cc3cccc(Cl)c3)o2)c1. The Kier molecular flexibility index (Phi) is 5.27. The van der Waals surface area contributed by atoms with E-state index in [0.29, 0.717) is 36.1 Å². The highest BCUT2D eigenvalue weighted by atomic mass is 35.5. The number of aryl methyl sites for hydroxylation is 1. The Morgan fingerprint density at radius 3 is 2.89 bits per heavy atom. The molecule has 4 rings (SSSR count). The number of rotatable bonds is 5. The summed E-state index contributed by atoms with van der Waals surface area (Å²) in [4.78, 5) is 8.42. The Hall–Kier alpha value is -2.16. The Morgan fingerprint density at radius 2 is 2.14 bits per heavy atom. The molecule has 0 radical (unpaired) electrons. The maximum absolute atomic E-state index is 13.1. The van der Waals surface area contributed by atoms with Crippen LogP contribution in [0.25, 0.3) is 0 Å². The van der Waals surface area contributed by atoms with Crippen molar-refractivity contribution in [2.45, 2.75) is 36.8 Å². The van der Waals surface area contributed by atoms with Crippen molar-refractivity contribution in [3.05, 3.63) is 65.2 Å². The van der Waals surface area contributed by atoms with E-state index in [1.807, 2.05) is 24.3 Å². The third kappa shape index (κ3) is 3.85. The van der Waals surface area contributed by atoms with Crippen LogP contribution in [0.5, 0.6) is 0 Å². The third-order valence-corrected chi connectivity index (χ3v) is 6.86. The van der Waals surface area contributed by atoms with Crippen molar-refractivity contribution in [3.8, 4) is 0 Å². The highest BCUT2D eigenvalue weighted by Crippen LogP contribution is 2.35. The van der Waals surface area contributed by atoms with E-state index in [1.54, 1.807) is 17.8 Å². The van der Waals surface area contributed by atoms with E-state index in [1.165, 1.54) is 16.8 Å². The summed E-state index contributed by atoms with van der Waals surface area (Å²) in [6.07, 6.45) is 7.61. The van der Waals surface area contributed by atoms with Gasteiger partial charge in [0.05, 0.1) is 12.5 Å². The molecule has 7 nitrogen and oxygen atoms in total. The predicted octanol–water partition coefficient (Wildman–Crippen LogP) is 3.57. The van der Waals surface area contributed by atoms with E-state index in [0.717, 1.165) is 18.4 Å². The van der Waals surface area contributed by atoms with Crippen LogP contribution in [-0.4, -0.2) is 33.8 Å². The quantitative estimate of drug-likeness (QED) is 0.630. The summed E-state index contributed by atoms with van der Waals surface area (Å²) < 4.78 is 35.2. The van der Waals surface area contributed by atoms with Crippen molar-refractivity contribution in [2.24, 2.45) is 7.05 Å². The number of oxazole rings is 1. The van der Waals surface area contributed by atoms with E-state index >= 15 is 0 Å². The van der Waals surface area contributed by atoms with Crippen LogP contribution >= 0.6 is 11.6 Å². The second kappa shape index (κ2) is 7.69. The molecule has 0 amide bonds. The number of nitrogens with zero attached hydrogens (tertiary/aromatic N) is 4.